The lowest BCUT2D eigenvalue weighted by Crippen LogP contribution is -2.51. The number of amides is 1. The van der Waals surface area contributed by atoms with Crippen LogP contribution in [0, 0.1) is 5.92 Å². The van der Waals surface area contributed by atoms with Crippen LogP contribution in [0.15, 0.2) is 42.5 Å². The third-order valence-electron chi connectivity index (χ3n) is 6.47. The van der Waals surface area contributed by atoms with Gasteiger partial charge in [-0.1, -0.05) is 30.3 Å². The van der Waals surface area contributed by atoms with Crippen molar-refractivity contribution in [3.63, 3.8) is 0 Å². The Morgan fingerprint density at radius 3 is 2.43 bits per heavy atom. The van der Waals surface area contributed by atoms with Gasteiger partial charge in [-0.3, -0.25) is 4.79 Å². The van der Waals surface area contributed by atoms with E-state index in [4.69, 9.17) is 9.47 Å². The average molecular weight is 409 g/mol. The zero-order chi connectivity index (χ0) is 20.4. The van der Waals surface area contributed by atoms with Crippen molar-refractivity contribution < 1.29 is 14.3 Å². The van der Waals surface area contributed by atoms with Gasteiger partial charge in [-0.2, -0.15) is 0 Å². The van der Waals surface area contributed by atoms with Crippen LogP contribution in [0.25, 0.3) is 11.3 Å². The molecular weight excluding hydrogens is 380 g/mol. The van der Waals surface area contributed by atoms with Crippen molar-refractivity contribution in [2.45, 2.75) is 31.5 Å². The van der Waals surface area contributed by atoms with Gasteiger partial charge < -0.3 is 19.3 Å². The standard InChI is InChI=1S/C23H28N4O3/c28-22(26-13-10-23(11-14-26)29-15-16-30-23)19-7-4-12-27(17-19)21-9-8-20(24-25-21)18-5-2-1-3-6-18/h1-3,5-6,8-9,19H,4,7,10-17H2/t19-/m0/s1. The molecule has 3 fully saturated rings. The van der Waals surface area contributed by atoms with E-state index in [1.165, 1.54) is 0 Å². The van der Waals surface area contributed by atoms with Crippen LogP contribution in [0.5, 0.6) is 0 Å². The maximum absolute atomic E-state index is 13.2. The van der Waals surface area contributed by atoms with Gasteiger partial charge >= 0.3 is 0 Å². The summed E-state index contributed by atoms with van der Waals surface area (Å²) < 4.78 is 11.6. The molecule has 1 amide bonds. The number of hydrogen-bond donors (Lipinski definition) is 0. The highest BCUT2D eigenvalue weighted by atomic mass is 16.7. The quantitative estimate of drug-likeness (QED) is 0.778. The summed E-state index contributed by atoms with van der Waals surface area (Å²) >= 11 is 0. The summed E-state index contributed by atoms with van der Waals surface area (Å²) in [6.45, 7) is 4.36. The first-order valence-electron chi connectivity index (χ1n) is 10.9. The van der Waals surface area contributed by atoms with Crippen LogP contribution in [-0.4, -0.2) is 66.2 Å². The Hall–Kier alpha value is -2.51. The van der Waals surface area contributed by atoms with Crippen LogP contribution in [0.1, 0.15) is 25.7 Å². The predicted molar refractivity (Wildman–Crippen MR) is 113 cm³/mol. The number of nitrogens with zero attached hydrogens (tertiary/aromatic N) is 4. The Morgan fingerprint density at radius 2 is 1.73 bits per heavy atom. The van der Waals surface area contributed by atoms with E-state index < -0.39 is 5.79 Å². The van der Waals surface area contributed by atoms with E-state index in [0.29, 0.717) is 32.8 Å². The van der Waals surface area contributed by atoms with E-state index in [1.54, 1.807) is 0 Å². The van der Waals surface area contributed by atoms with Crippen molar-refractivity contribution in [2.24, 2.45) is 5.92 Å². The fraction of sp³-hybridized carbons (Fsp3) is 0.522. The Labute approximate surface area is 177 Å². The minimum Gasteiger partial charge on any atom is -0.354 e. The molecule has 3 aliphatic heterocycles. The Morgan fingerprint density at radius 1 is 0.967 bits per heavy atom. The second-order valence-electron chi connectivity index (χ2n) is 8.36. The Balaban J connectivity index is 1.21. The summed E-state index contributed by atoms with van der Waals surface area (Å²) in [5, 5.41) is 8.86. The summed E-state index contributed by atoms with van der Waals surface area (Å²) in [6, 6.07) is 14.1. The number of piperidine rings is 2. The number of ether oxygens (including phenoxy) is 2. The van der Waals surface area contributed by atoms with E-state index in [9.17, 15) is 4.79 Å². The normalized spacial score (nSPS) is 23.7. The molecule has 1 spiro atoms. The number of anilines is 1. The lowest BCUT2D eigenvalue weighted by Gasteiger charge is -2.40. The SMILES string of the molecule is O=C([C@H]1CCCN(c2ccc(-c3ccccc3)nn2)C1)N1CCC2(CC1)OCCO2. The van der Waals surface area contributed by atoms with Gasteiger partial charge in [-0.05, 0) is 25.0 Å². The minimum absolute atomic E-state index is 0.00816. The molecule has 0 unspecified atom stereocenters. The van der Waals surface area contributed by atoms with Gasteiger partial charge in [0.05, 0.1) is 24.8 Å². The van der Waals surface area contributed by atoms with Crippen LogP contribution in [-0.2, 0) is 14.3 Å². The molecule has 0 saturated carbocycles. The van der Waals surface area contributed by atoms with Crippen LogP contribution in [0.3, 0.4) is 0 Å². The first-order chi connectivity index (χ1) is 14.7. The maximum Gasteiger partial charge on any atom is 0.227 e. The first kappa shape index (κ1) is 19.5. The smallest absolute Gasteiger partial charge is 0.227 e. The van der Waals surface area contributed by atoms with E-state index in [0.717, 1.165) is 49.3 Å². The molecule has 0 bridgehead atoms. The zero-order valence-electron chi connectivity index (χ0n) is 17.2. The minimum atomic E-state index is -0.439. The molecule has 30 heavy (non-hydrogen) atoms. The molecular formula is C23H28N4O3. The van der Waals surface area contributed by atoms with Crippen LogP contribution in [0.2, 0.25) is 0 Å². The summed E-state index contributed by atoms with van der Waals surface area (Å²) in [7, 11) is 0. The fourth-order valence-electron chi connectivity index (χ4n) is 4.76. The molecule has 7 nitrogen and oxygen atoms in total. The molecule has 7 heteroatoms. The van der Waals surface area contributed by atoms with Gasteiger partial charge in [0.25, 0.3) is 0 Å². The number of rotatable bonds is 3. The van der Waals surface area contributed by atoms with Crippen molar-refractivity contribution in [1.82, 2.24) is 15.1 Å². The maximum atomic E-state index is 13.2. The molecule has 5 rings (SSSR count). The summed E-state index contributed by atoms with van der Waals surface area (Å²) in [4.78, 5) is 17.3. The van der Waals surface area contributed by atoms with Crippen molar-refractivity contribution in [3.8, 4) is 11.3 Å². The van der Waals surface area contributed by atoms with Gasteiger partial charge in [0.2, 0.25) is 5.91 Å². The number of aromatic nitrogens is 2. The highest BCUT2D eigenvalue weighted by molar-refractivity contribution is 5.80. The number of likely N-dealkylation sites (tertiary alicyclic amines) is 1. The molecule has 1 aromatic heterocycles. The van der Waals surface area contributed by atoms with Crippen molar-refractivity contribution in [3.05, 3.63) is 42.5 Å². The van der Waals surface area contributed by atoms with Crippen LogP contribution >= 0.6 is 0 Å². The highest BCUT2D eigenvalue weighted by Crippen LogP contribution is 2.32. The van der Waals surface area contributed by atoms with E-state index in [1.807, 2.05) is 47.4 Å². The van der Waals surface area contributed by atoms with Gasteiger partial charge in [-0.15, -0.1) is 10.2 Å². The van der Waals surface area contributed by atoms with E-state index in [-0.39, 0.29) is 11.8 Å². The summed E-state index contributed by atoms with van der Waals surface area (Å²) in [5.41, 5.74) is 1.92. The molecule has 3 saturated heterocycles. The van der Waals surface area contributed by atoms with E-state index >= 15 is 0 Å². The Bertz CT molecular complexity index is 858. The molecule has 0 aliphatic carbocycles. The highest BCUT2D eigenvalue weighted by Gasteiger charge is 2.42. The monoisotopic (exact) mass is 408 g/mol. The Kier molecular flexibility index (Phi) is 5.39. The molecule has 1 atom stereocenters. The largest absolute Gasteiger partial charge is 0.354 e. The van der Waals surface area contributed by atoms with Gasteiger partial charge in [0, 0.05) is 44.6 Å². The molecule has 3 aliphatic rings. The number of benzene rings is 1. The molecule has 158 valence electrons. The lowest BCUT2D eigenvalue weighted by molar-refractivity contribution is -0.188. The second kappa shape index (κ2) is 8.32. The molecule has 2 aromatic rings. The summed E-state index contributed by atoms with van der Waals surface area (Å²) in [5.74, 6) is 0.665. The third kappa shape index (κ3) is 3.91. The fourth-order valence-corrected chi connectivity index (χ4v) is 4.76. The van der Waals surface area contributed by atoms with Crippen LogP contribution in [0.4, 0.5) is 5.82 Å². The second-order valence-corrected chi connectivity index (χ2v) is 8.36. The topological polar surface area (TPSA) is 67.8 Å². The zero-order valence-corrected chi connectivity index (χ0v) is 17.2. The number of hydrogen-bond acceptors (Lipinski definition) is 6. The average Bonchev–Trinajstić information content (AvgIpc) is 3.28. The van der Waals surface area contributed by atoms with Gasteiger partial charge in [0.1, 0.15) is 0 Å². The van der Waals surface area contributed by atoms with Gasteiger partial charge in [0.15, 0.2) is 11.6 Å². The van der Waals surface area contributed by atoms with Crippen molar-refractivity contribution in [2.75, 3.05) is 44.3 Å². The lowest BCUT2D eigenvalue weighted by atomic mass is 9.94. The number of carbonyl (C=O) groups excluding carboxylic acids is 1. The molecule has 0 N–H and O–H groups in total. The van der Waals surface area contributed by atoms with Crippen molar-refractivity contribution >= 4 is 11.7 Å². The summed E-state index contributed by atoms with van der Waals surface area (Å²) in [6.07, 6.45) is 3.45. The molecule has 1 aromatic carbocycles. The van der Waals surface area contributed by atoms with Gasteiger partial charge in [-0.25, -0.2) is 0 Å². The molecule has 4 heterocycles. The molecule has 0 radical (unpaired) electrons. The third-order valence-corrected chi connectivity index (χ3v) is 6.47. The number of carbonyl (C=O) groups is 1. The first-order valence-corrected chi connectivity index (χ1v) is 10.9. The van der Waals surface area contributed by atoms with E-state index in [2.05, 4.69) is 15.1 Å². The van der Waals surface area contributed by atoms with Crippen molar-refractivity contribution in [1.29, 1.82) is 0 Å². The van der Waals surface area contributed by atoms with Crippen LogP contribution < -0.4 is 4.90 Å². The predicted octanol–water partition coefficient (Wildman–Crippen LogP) is 2.73.